The molecule has 0 N–H and O–H groups in total. The second-order valence-electron chi connectivity index (χ2n) is 2.83. The molecule has 5 heteroatoms. The molecule has 0 bridgehead atoms. The summed E-state index contributed by atoms with van der Waals surface area (Å²) in [5.41, 5.74) is 0.229. The van der Waals surface area contributed by atoms with E-state index in [0.717, 1.165) is 6.07 Å². The van der Waals surface area contributed by atoms with E-state index >= 15 is 0 Å². The fourth-order valence-electron chi connectivity index (χ4n) is 1.37. The average Bonchev–Trinajstić information content (AvgIpc) is 2.38. The van der Waals surface area contributed by atoms with Gasteiger partial charge in [-0.3, -0.25) is 4.79 Å². The lowest BCUT2D eigenvalue weighted by Gasteiger charge is -1.99. The zero-order valence-electron chi connectivity index (χ0n) is 6.90. The Labute approximate surface area is 79.8 Å². The second kappa shape index (κ2) is 2.75. The first-order valence-corrected chi connectivity index (χ1v) is 5.26. The highest BCUT2D eigenvalue weighted by molar-refractivity contribution is 7.96. The largest absolute Gasteiger partial charge is 0.297 e. The maximum Gasteiger partial charge on any atom is 0.213 e. The van der Waals surface area contributed by atoms with Crippen LogP contribution in [0.3, 0.4) is 0 Å². The Kier molecular flexibility index (Phi) is 1.78. The summed E-state index contributed by atoms with van der Waals surface area (Å²) in [5.74, 6) is -0.824. The number of aldehydes is 1. The highest BCUT2D eigenvalue weighted by Gasteiger charge is 2.32. The lowest BCUT2D eigenvalue weighted by molar-refractivity contribution is -0.104. The van der Waals surface area contributed by atoms with Crippen LogP contribution in [0.2, 0.25) is 0 Å². The van der Waals surface area contributed by atoms with Crippen LogP contribution in [-0.2, 0) is 14.6 Å². The Hall–Kier alpha value is -1.49. The molecule has 0 saturated heterocycles. The Morgan fingerprint density at radius 1 is 1.29 bits per heavy atom. The van der Waals surface area contributed by atoms with Crippen LogP contribution in [0.25, 0.3) is 6.08 Å². The lowest BCUT2D eigenvalue weighted by Crippen LogP contribution is -2.03. The van der Waals surface area contributed by atoms with Gasteiger partial charge in [0.15, 0.2) is 6.29 Å². The molecule has 2 rings (SSSR count). The molecule has 0 saturated carbocycles. The maximum absolute atomic E-state index is 13.2. The third-order valence-corrected chi connectivity index (χ3v) is 3.79. The summed E-state index contributed by atoms with van der Waals surface area (Å²) in [6.45, 7) is 0. The zero-order valence-corrected chi connectivity index (χ0v) is 7.71. The second-order valence-corrected chi connectivity index (χ2v) is 4.71. The average molecular weight is 212 g/mol. The van der Waals surface area contributed by atoms with E-state index in [0.29, 0.717) is 0 Å². The summed E-state index contributed by atoms with van der Waals surface area (Å²) < 4.78 is 36.2. The number of hydrogen-bond acceptors (Lipinski definition) is 3. The van der Waals surface area contributed by atoms with Crippen molar-refractivity contribution in [3.63, 3.8) is 0 Å². The number of fused-ring (bicyclic) bond motifs is 1. The third kappa shape index (κ3) is 1.02. The van der Waals surface area contributed by atoms with Crippen molar-refractivity contribution in [1.82, 2.24) is 0 Å². The molecular weight excluding hydrogens is 207 g/mol. The number of benzene rings is 1. The van der Waals surface area contributed by atoms with E-state index in [9.17, 15) is 17.6 Å². The van der Waals surface area contributed by atoms with Crippen LogP contribution < -0.4 is 0 Å². The molecule has 0 amide bonds. The standard InChI is InChI=1S/C9H5FO3S/c10-8-3-1-2-6-4-7(5-11)14(12,13)9(6)8/h1-5H. The van der Waals surface area contributed by atoms with E-state index in [4.69, 9.17) is 0 Å². The number of carbonyl (C=O) groups excluding carboxylic acids is 1. The molecule has 1 aromatic rings. The van der Waals surface area contributed by atoms with Gasteiger partial charge in [0.1, 0.15) is 15.6 Å². The normalized spacial score (nSPS) is 17.4. The van der Waals surface area contributed by atoms with Gasteiger partial charge in [0, 0.05) is 0 Å². The molecule has 1 aliphatic rings. The van der Waals surface area contributed by atoms with Gasteiger partial charge in [-0.15, -0.1) is 0 Å². The Morgan fingerprint density at radius 2 is 2.00 bits per heavy atom. The molecule has 1 heterocycles. The van der Waals surface area contributed by atoms with E-state index in [-0.39, 0.29) is 11.8 Å². The fourth-order valence-corrected chi connectivity index (χ4v) is 2.78. The van der Waals surface area contributed by atoms with E-state index in [2.05, 4.69) is 0 Å². The minimum Gasteiger partial charge on any atom is -0.297 e. The summed E-state index contributed by atoms with van der Waals surface area (Å²) in [5, 5.41) is 0. The van der Waals surface area contributed by atoms with Gasteiger partial charge in [0.05, 0.1) is 0 Å². The minimum absolute atomic E-state index is 0.217. The van der Waals surface area contributed by atoms with E-state index in [1.165, 1.54) is 18.2 Å². The summed E-state index contributed by atoms with van der Waals surface area (Å²) in [7, 11) is -3.91. The monoisotopic (exact) mass is 212 g/mol. The molecule has 0 fully saturated rings. The molecule has 1 aromatic carbocycles. The van der Waals surface area contributed by atoms with Gasteiger partial charge in [-0.05, 0) is 17.7 Å². The molecule has 0 unspecified atom stereocenters. The first-order chi connectivity index (χ1) is 6.57. The predicted molar refractivity (Wildman–Crippen MR) is 47.6 cm³/mol. The molecule has 0 radical (unpaired) electrons. The number of allylic oxidation sites excluding steroid dienone is 1. The van der Waals surface area contributed by atoms with Crippen molar-refractivity contribution in [2.24, 2.45) is 0 Å². The first-order valence-electron chi connectivity index (χ1n) is 3.78. The van der Waals surface area contributed by atoms with Crippen molar-refractivity contribution in [1.29, 1.82) is 0 Å². The number of halogens is 1. The van der Waals surface area contributed by atoms with Gasteiger partial charge >= 0.3 is 0 Å². The van der Waals surface area contributed by atoms with Crippen molar-refractivity contribution in [3.05, 3.63) is 34.5 Å². The maximum atomic E-state index is 13.2. The van der Waals surface area contributed by atoms with Crippen LogP contribution >= 0.6 is 0 Å². The van der Waals surface area contributed by atoms with Crippen LogP contribution in [0.1, 0.15) is 5.56 Å². The van der Waals surface area contributed by atoms with Crippen LogP contribution in [0.5, 0.6) is 0 Å². The van der Waals surface area contributed by atoms with Crippen molar-refractivity contribution in [2.45, 2.75) is 4.90 Å². The Balaban J connectivity index is 2.84. The SMILES string of the molecule is O=CC1=Cc2cccc(F)c2S1(=O)=O. The minimum atomic E-state index is -3.91. The van der Waals surface area contributed by atoms with Gasteiger partial charge in [-0.1, -0.05) is 12.1 Å². The quantitative estimate of drug-likeness (QED) is 0.656. The van der Waals surface area contributed by atoms with Gasteiger partial charge in [-0.2, -0.15) is 0 Å². The van der Waals surface area contributed by atoms with Crippen molar-refractivity contribution in [2.75, 3.05) is 0 Å². The van der Waals surface area contributed by atoms with Crippen molar-refractivity contribution < 1.29 is 17.6 Å². The van der Waals surface area contributed by atoms with Crippen LogP contribution in [0.4, 0.5) is 4.39 Å². The molecule has 72 valence electrons. The van der Waals surface area contributed by atoms with Crippen LogP contribution in [-0.4, -0.2) is 14.7 Å². The fraction of sp³-hybridized carbons (Fsp3) is 0. The topological polar surface area (TPSA) is 51.2 Å². The van der Waals surface area contributed by atoms with Crippen molar-refractivity contribution >= 4 is 22.2 Å². The molecular formula is C9H5FO3S. The zero-order chi connectivity index (χ0) is 10.3. The molecule has 3 nitrogen and oxygen atoms in total. The predicted octanol–water partition coefficient (Wildman–Crippen LogP) is 1.15. The van der Waals surface area contributed by atoms with Gasteiger partial charge in [0.2, 0.25) is 9.84 Å². The van der Waals surface area contributed by atoms with E-state index in [1.807, 2.05) is 0 Å². The van der Waals surface area contributed by atoms with Crippen molar-refractivity contribution in [3.8, 4) is 0 Å². The van der Waals surface area contributed by atoms with Crippen LogP contribution in [0, 0.1) is 5.82 Å². The summed E-state index contributed by atoms with van der Waals surface area (Å²) in [6, 6.07) is 3.90. The Morgan fingerprint density at radius 3 is 2.57 bits per heavy atom. The van der Waals surface area contributed by atoms with Gasteiger partial charge < -0.3 is 0 Å². The van der Waals surface area contributed by atoms with E-state index < -0.39 is 25.5 Å². The Bertz CT molecular complexity index is 543. The first kappa shape index (κ1) is 9.08. The smallest absolute Gasteiger partial charge is 0.213 e. The number of rotatable bonds is 1. The lowest BCUT2D eigenvalue weighted by atomic mass is 10.2. The highest BCUT2D eigenvalue weighted by Crippen LogP contribution is 2.33. The molecule has 1 aliphatic heterocycles. The highest BCUT2D eigenvalue weighted by atomic mass is 32.2. The number of carbonyl (C=O) groups is 1. The van der Waals surface area contributed by atoms with Gasteiger partial charge in [0.25, 0.3) is 0 Å². The molecule has 0 atom stereocenters. The molecule has 0 spiro atoms. The van der Waals surface area contributed by atoms with E-state index in [1.54, 1.807) is 0 Å². The summed E-state index contributed by atoms with van der Waals surface area (Å²) in [4.78, 5) is 9.64. The molecule has 0 aromatic heterocycles. The van der Waals surface area contributed by atoms with Crippen LogP contribution in [0.15, 0.2) is 28.0 Å². The number of hydrogen-bond donors (Lipinski definition) is 0. The number of sulfone groups is 1. The summed E-state index contributed by atoms with van der Waals surface area (Å²) >= 11 is 0. The summed E-state index contributed by atoms with van der Waals surface area (Å²) in [6.07, 6.45) is 1.38. The third-order valence-electron chi connectivity index (χ3n) is 1.99. The molecule has 14 heavy (non-hydrogen) atoms. The molecule has 0 aliphatic carbocycles. The van der Waals surface area contributed by atoms with Gasteiger partial charge in [-0.25, -0.2) is 12.8 Å².